The van der Waals surface area contributed by atoms with Crippen LogP contribution in [0.1, 0.15) is 19.8 Å². The molecule has 0 radical (unpaired) electrons. The average molecular weight is 273 g/mol. The minimum Gasteiger partial charge on any atom is -0.380 e. The van der Waals surface area contributed by atoms with E-state index in [4.69, 9.17) is 14.2 Å². The number of nitrogens with zero attached hydrogens (tertiary/aromatic N) is 1. The van der Waals surface area contributed by atoms with Gasteiger partial charge >= 0.3 is 0 Å². The van der Waals surface area contributed by atoms with E-state index in [0.717, 1.165) is 58.3 Å². The summed E-state index contributed by atoms with van der Waals surface area (Å²) in [5.74, 6) is 0.809. The SMILES string of the molecule is CCOCCNC(=NC)NCCCOC1CCOC1. The van der Waals surface area contributed by atoms with Crippen molar-refractivity contribution in [2.45, 2.75) is 25.9 Å². The predicted octanol–water partition coefficient (Wildman–Crippen LogP) is 0.384. The largest absolute Gasteiger partial charge is 0.380 e. The fraction of sp³-hybridized carbons (Fsp3) is 0.923. The molecule has 1 unspecified atom stereocenters. The number of rotatable bonds is 9. The van der Waals surface area contributed by atoms with E-state index in [1.807, 2.05) is 6.92 Å². The first-order valence-electron chi connectivity index (χ1n) is 7.08. The first-order valence-corrected chi connectivity index (χ1v) is 7.08. The van der Waals surface area contributed by atoms with Crippen LogP contribution < -0.4 is 10.6 Å². The molecule has 0 amide bonds. The first-order chi connectivity index (χ1) is 9.36. The highest BCUT2D eigenvalue weighted by Gasteiger charge is 2.15. The summed E-state index contributed by atoms with van der Waals surface area (Å²) in [5, 5.41) is 6.43. The van der Waals surface area contributed by atoms with Gasteiger partial charge in [0.15, 0.2) is 5.96 Å². The lowest BCUT2D eigenvalue weighted by Gasteiger charge is -2.13. The molecule has 0 aromatic rings. The van der Waals surface area contributed by atoms with Gasteiger partial charge in [-0.25, -0.2) is 0 Å². The Hall–Kier alpha value is -0.850. The summed E-state index contributed by atoms with van der Waals surface area (Å²) < 4.78 is 16.2. The van der Waals surface area contributed by atoms with Crippen LogP contribution in [0.25, 0.3) is 0 Å². The Kier molecular flexibility index (Phi) is 9.40. The lowest BCUT2D eigenvalue weighted by molar-refractivity contribution is 0.0420. The van der Waals surface area contributed by atoms with Crippen molar-refractivity contribution in [3.63, 3.8) is 0 Å². The van der Waals surface area contributed by atoms with Crippen LogP contribution in [0, 0.1) is 0 Å². The van der Waals surface area contributed by atoms with Gasteiger partial charge in [-0.2, -0.15) is 0 Å². The maximum absolute atomic E-state index is 5.69. The lowest BCUT2D eigenvalue weighted by Crippen LogP contribution is -2.39. The molecule has 6 nitrogen and oxygen atoms in total. The maximum Gasteiger partial charge on any atom is 0.191 e. The quantitative estimate of drug-likeness (QED) is 0.361. The molecule has 0 aromatic carbocycles. The first kappa shape index (κ1) is 16.2. The Morgan fingerprint density at radius 2 is 2.16 bits per heavy atom. The molecule has 112 valence electrons. The topological polar surface area (TPSA) is 64.1 Å². The van der Waals surface area contributed by atoms with Gasteiger partial charge in [0.05, 0.1) is 19.3 Å². The molecule has 0 bridgehead atoms. The molecular formula is C13H27N3O3. The molecule has 0 aliphatic carbocycles. The van der Waals surface area contributed by atoms with Gasteiger partial charge in [-0.15, -0.1) is 0 Å². The second kappa shape index (κ2) is 11.0. The van der Waals surface area contributed by atoms with E-state index in [1.54, 1.807) is 7.05 Å². The van der Waals surface area contributed by atoms with Gasteiger partial charge in [-0.1, -0.05) is 0 Å². The highest BCUT2D eigenvalue weighted by atomic mass is 16.5. The molecule has 6 heteroatoms. The second-order valence-electron chi connectivity index (χ2n) is 4.33. The number of aliphatic imine (C=N–C) groups is 1. The van der Waals surface area contributed by atoms with Gasteiger partial charge < -0.3 is 24.8 Å². The Morgan fingerprint density at radius 1 is 1.32 bits per heavy atom. The number of guanidine groups is 1. The monoisotopic (exact) mass is 273 g/mol. The summed E-state index contributed by atoms with van der Waals surface area (Å²) in [6.45, 7) is 7.38. The molecule has 2 N–H and O–H groups in total. The van der Waals surface area contributed by atoms with Crippen LogP contribution in [0.15, 0.2) is 4.99 Å². The van der Waals surface area contributed by atoms with Gasteiger partial charge in [0, 0.05) is 40.0 Å². The molecule has 1 fully saturated rings. The average Bonchev–Trinajstić information content (AvgIpc) is 2.94. The summed E-state index contributed by atoms with van der Waals surface area (Å²) in [5.41, 5.74) is 0. The molecule has 0 spiro atoms. The molecule has 1 rings (SSSR count). The van der Waals surface area contributed by atoms with Crippen molar-refractivity contribution in [3.8, 4) is 0 Å². The molecule has 1 heterocycles. The second-order valence-corrected chi connectivity index (χ2v) is 4.33. The predicted molar refractivity (Wildman–Crippen MR) is 75.7 cm³/mol. The molecule has 1 aliphatic heterocycles. The van der Waals surface area contributed by atoms with Crippen LogP contribution in [0.5, 0.6) is 0 Å². The Bertz CT molecular complexity index is 243. The molecule has 1 saturated heterocycles. The van der Waals surface area contributed by atoms with Crippen LogP contribution in [0.4, 0.5) is 0 Å². The van der Waals surface area contributed by atoms with Crippen LogP contribution in [0.3, 0.4) is 0 Å². The van der Waals surface area contributed by atoms with Gasteiger partial charge in [-0.3, -0.25) is 4.99 Å². The maximum atomic E-state index is 5.69. The molecular weight excluding hydrogens is 246 g/mol. The fourth-order valence-electron chi connectivity index (χ4n) is 1.78. The van der Waals surface area contributed by atoms with E-state index < -0.39 is 0 Å². The van der Waals surface area contributed by atoms with E-state index in [-0.39, 0.29) is 0 Å². The van der Waals surface area contributed by atoms with Crippen molar-refractivity contribution in [1.82, 2.24) is 10.6 Å². The van der Waals surface area contributed by atoms with Gasteiger partial charge in [0.2, 0.25) is 0 Å². The summed E-state index contributed by atoms with van der Waals surface area (Å²) in [4.78, 5) is 4.14. The highest BCUT2D eigenvalue weighted by molar-refractivity contribution is 5.79. The Morgan fingerprint density at radius 3 is 2.84 bits per heavy atom. The molecule has 1 atom stereocenters. The zero-order valence-electron chi connectivity index (χ0n) is 12.1. The smallest absolute Gasteiger partial charge is 0.191 e. The molecule has 0 aromatic heterocycles. The van der Waals surface area contributed by atoms with Crippen molar-refractivity contribution in [1.29, 1.82) is 0 Å². The molecule has 1 aliphatic rings. The Balaban J connectivity index is 1.93. The fourth-order valence-corrected chi connectivity index (χ4v) is 1.78. The third-order valence-electron chi connectivity index (χ3n) is 2.82. The summed E-state index contributed by atoms with van der Waals surface area (Å²) >= 11 is 0. The number of hydrogen-bond donors (Lipinski definition) is 2. The van der Waals surface area contributed by atoms with E-state index in [0.29, 0.717) is 12.7 Å². The minimum atomic E-state index is 0.295. The zero-order valence-corrected chi connectivity index (χ0v) is 12.1. The Labute approximate surface area is 115 Å². The van der Waals surface area contributed by atoms with E-state index in [1.165, 1.54) is 0 Å². The van der Waals surface area contributed by atoms with Crippen molar-refractivity contribution in [3.05, 3.63) is 0 Å². The van der Waals surface area contributed by atoms with Crippen LogP contribution >= 0.6 is 0 Å². The number of nitrogens with one attached hydrogen (secondary N) is 2. The van der Waals surface area contributed by atoms with E-state index in [2.05, 4.69) is 15.6 Å². The number of ether oxygens (including phenoxy) is 3. The minimum absolute atomic E-state index is 0.295. The zero-order chi connectivity index (χ0) is 13.8. The highest BCUT2D eigenvalue weighted by Crippen LogP contribution is 2.07. The third-order valence-corrected chi connectivity index (χ3v) is 2.82. The van der Waals surface area contributed by atoms with Crippen molar-refractivity contribution in [2.75, 3.05) is 53.2 Å². The van der Waals surface area contributed by atoms with Crippen LogP contribution in [0.2, 0.25) is 0 Å². The third kappa shape index (κ3) is 8.02. The molecule has 19 heavy (non-hydrogen) atoms. The van der Waals surface area contributed by atoms with E-state index in [9.17, 15) is 0 Å². The van der Waals surface area contributed by atoms with Gasteiger partial charge in [0.25, 0.3) is 0 Å². The van der Waals surface area contributed by atoms with Gasteiger partial charge in [0.1, 0.15) is 0 Å². The van der Waals surface area contributed by atoms with Crippen molar-refractivity contribution < 1.29 is 14.2 Å². The van der Waals surface area contributed by atoms with E-state index >= 15 is 0 Å². The normalized spacial score (nSPS) is 19.7. The summed E-state index contributed by atoms with van der Waals surface area (Å²) in [6, 6.07) is 0. The van der Waals surface area contributed by atoms with Gasteiger partial charge in [-0.05, 0) is 19.8 Å². The lowest BCUT2D eigenvalue weighted by atomic mass is 10.3. The summed E-state index contributed by atoms with van der Waals surface area (Å²) in [6.07, 6.45) is 2.28. The van der Waals surface area contributed by atoms with Crippen LogP contribution in [-0.2, 0) is 14.2 Å². The standard InChI is InChI=1S/C13H27N3O3/c1-3-17-10-7-16-13(14-2)15-6-4-8-19-12-5-9-18-11-12/h12H,3-11H2,1-2H3,(H2,14,15,16). The van der Waals surface area contributed by atoms with Crippen molar-refractivity contribution >= 4 is 5.96 Å². The summed E-state index contributed by atoms with van der Waals surface area (Å²) in [7, 11) is 1.77. The van der Waals surface area contributed by atoms with Crippen molar-refractivity contribution in [2.24, 2.45) is 4.99 Å². The molecule has 0 saturated carbocycles. The number of hydrogen-bond acceptors (Lipinski definition) is 4. The van der Waals surface area contributed by atoms with Crippen LogP contribution in [-0.4, -0.2) is 65.2 Å².